The van der Waals surface area contributed by atoms with Crippen LogP contribution in [0.1, 0.15) is 86.2 Å². The van der Waals surface area contributed by atoms with Crippen molar-refractivity contribution in [2.24, 2.45) is 10.7 Å². The number of amidine groups is 1. The summed E-state index contributed by atoms with van der Waals surface area (Å²) >= 11 is 9.01. The number of amides is 1. The van der Waals surface area contributed by atoms with Gasteiger partial charge in [-0.2, -0.15) is 0 Å². The molecule has 0 saturated heterocycles. The lowest BCUT2D eigenvalue weighted by molar-refractivity contribution is 0.0516. The van der Waals surface area contributed by atoms with E-state index in [1.165, 1.54) is 11.1 Å². The minimum absolute atomic E-state index is 0.256. The molecule has 0 unspecified atom stereocenters. The number of carbonyl (C=O) groups is 3. The topological polar surface area (TPSA) is 129 Å². The fourth-order valence-electron chi connectivity index (χ4n) is 3.62. The van der Waals surface area contributed by atoms with Gasteiger partial charge in [-0.05, 0) is 200 Å². The summed E-state index contributed by atoms with van der Waals surface area (Å²) in [7, 11) is 0. The molecule has 0 saturated carbocycles. The lowest BCUT2D eigenvalue weighted by atomic mass is 10.1. The van der Waals surface area contributed by atoms with E-state index in [1.807, 2.05) is 52.0 Å². The number of ether oxygens (including phenoxy) is 3. The van der Waals surface area contributed by atoms with E-state index in [1.54, 1.807) is 13.8 Å². The van der Waals surface area contributed by atoms with Crippen LogP contribution in [-0.2, 0) is 27.1 Å². The molecule has 44 heavy (non-hydrogen) atoms. The van der Waals surface area contributed by atoms with E-state index in [2.05, 4.69) is 101 Å². The number of nitrogens with zero attached hydrogens (tertiary/aromatic N) is 1. The highest BCUT2D eigenvalue weighted by Gasteiger charge is 2.17. The molecule has 9 nitrogen and oxygen atoms in total. The molecule has 0 spiro atoms. The summed E-state index contributed by atoms with van der Waals surface area (Å²) in [5.41, 5.74) is 8.64. The van der Waals surface area contributed by atoms with Gasteiger partial charge in [-0.15, -0.1) is 0 Å². The zero-order valence-corrected chi connectivity index (χ0v) is 34.6. The predicted molar refractivity (Wildman–Crippen MR) is 209 cm³/mol. The Hall–Kier alpha value is -0.800. The second-order valence-electron chi connectivity index (χ2n) is 10.4. The van der Waals surface area contributed by atoms with Crippen LogP contribution >= 0.6 is 90.4 Å². The number of hydrogen-bond donors (Lipinski definition) is 2. The maximum Gasteiger partial charge on any atom is 0.413 e. The quantitative estimate of drug-likeness (QED) is 0.0585. The van der Waals surface area contributed by atoms with E-state index in [4.69, 9.17) is 19.9 Å². The second-order valence-corrected chi connectivity index (χ2v) is 15.0. The van der Waals surface area contributed by atoms with Crippen molar-refractivity contribution in [3.05, 3.63) is 60.8 Å². The molecule has 0 aliphatic rings. The molecule has 0 radical (unpaired) electrons. The first-order chi connectivity index (χ1) is 20.6. The lowest BCUT2D eigenvalue weighted by Crippen LogP contribution is -2.35. The van der Waals surface area contributed by atoms with Crippen molar-refractivity contribution >= 4 is 114 Å². The van der Waals surface area contributed by atoms with Crippen LogP contribution in [0.5, 0.6) is 0 Å². The molecule has 0 fully saturated rings. The first kappa shape index (κ1) is 41.2. The molecule has 0 heterocycles. The summed E-state index contributed by atoms with van der Waals surface area (Å²) in [5, 5.41) is 2.62. The Balaban J connectivity index is 0.000000488. The monoisotopic (exact) mass is 1060 g/mol. The van der Waals surface area contributed by atoms with Crippen LogP contribution in [0, 0.1) is 14.3 Å². The fraction of sp³-hybridized carbons (Fsp3) is 0.484. The molecule has 0 aliphatic heterocycles. The van der Waals surface area contributed by atoms with E-state index < -0.39 is 11.7 Å². The number of aliphatic imine (C=N–C) groups is 1. The van der Waals surface area contributed by atoms with Gasteiger partial charge in [0.25, 0.3) is 0 Å². The van der Waals surface area contributed by atoms with E-state index in [-0.39, 0.29) is 11.9 Å². The lowest BCUT2D eigenvalue weighted by Gasteiger charge is -2.19. The average molecular weight is 1060 g/mol. The first-order valence-corrected chi connectivity index (χ1v) is 18.5. The number of hydrogen-bond acceptors (Lipinski definition) is 8. The summed E-state index contributed by atoms with van der Waals surface area (Å²) in [6.45, 7) is 12.8. The Morgan fingerprint density at radius 2 is 1.20 bits per heavy atom. The molecule has 0 aliphatic carbocycles. The van der Waals surface area contributed by atoms with E-state index in [0.717, 1.165) is 40.0 Å². The number of halogens is 4. The van der Waals surface area contributed by atoms with Gasteiger partial charge in [0.15, 0.2) is 0 Å². The molecule has 3 N–H and O–H groups in total. The van der Waals surface area contributed by atoms with Crippen molar-refractivity contribution in [3.63, 3.8) is 0 Å². The van der Waals surface area contributed by atoms with Crippen molar-refractivity contribution in [2.45, 2.75) is 72.8 Å². The SMILES string of the molecule is CCOC(=O)c1cc(I)c(CCCN)c(I)c1.CCOC(=O)c1cc(I)c(CCCN=C(C)NC(=O)OC(C)(C)C)c(I)c1. The Morgan fingerprint density at radius 1 is 0.795 bits per heavy atom. The average Bonchev–Trinajstić information content (AvgIpc) is 2.91. The molecule has 2 aromatic carbocycles. The highest BCUT2D eigenvalue weighted by molar-refractivity contribution is 14.1. The molecule has 13 heteroatoms. The molecule has 0 aromatic heterocycles. The number of alkyl carbamates (subject to hydrolysis) is 1. The summed E-state index contributed by atoms with van der Waals surface area (Å²) in [4.78, 5) is 39.6. The van der Waals surface area contributed by atoms with Crippen LogP contribution in [0.25, 0.3) is 0 Å². The third-order valence-electron chi connectivity index (χ3n) is 5.55. The Bertz CT molecular complexity index is 1270. The van der Waals surface area contributed by atoms with Crippen molar-refractivity contribution in [3.8, 4) is 0 Å². The molecule has 2 aromatic rings. The Kier molecular flexibility index (Phi) is 19.8. The van der Waals surface area contributed by atoms with Crippen LogP contribution < -0.4 is 11.1 Å². The van der Waals surface area contributed by atoms with E-state index >= 15 is 0 Å². The number of esters is 2. The fourth-order valence-corrected chi connectivity index (χ4v) is 8.24. The highest BCUT2D eigenvalue weighted by Crippen LogP contribution is 2.24. The van der Waals surface area contributed by atoms with Crippen molar-refractivity contribution in [2.75, 3.05) is 26.3 Å². The third kappa shape index (κ3) is 15.7. The maximum absolute atomic E-state index is 11.9. The molecular formula is C31H41I4N3O6. The van der Waals surface area contributed by atoms with Crippen LogP contribution in [0.2, 0.25) is 0 Å². The molecule has 0 bridgehead atoms. The van der Waals surface area contributed by atoms with Gasteiger partial charge >= 0.3 is 18.0 Å². The van der Waals surface area contributed by atoms with Gasteiger partial charge in [0.1, 0.15) is 11.4 Å². The van der Waals surface area contributed by atoms with Gasteiger partial charge in [-0.3, -0.25) is 10.3 Å². The summed E-state index contributed by atoms with van der Waals surface area (Å²) in [5.74, 6) is -0.0201. The molecular weight excluding hydrogens is 1020 g/mol. The molecule has 2 rings (SSSR count). The molecule has 1 amide bonds. The predicted octanol–water partition coefficient (Wildman–Crippen LogP) is 7.91. The zero-order chi connectivity index (χ0) is 33.4. The highest BCUT2D eigenvalue weighted by atomic mass is 127. The largest absolute Gasteiger partial charge is 0.462 e. The normalized spacial score (nSPS) is 11.3. The number of benzene rings is 2. The zero-order valence-electron chi connectivity index (χ0n) is 26.0. The molecule has 244 valence electrons. The van der Waals surface area contributed by atoms with Crippen LogP contribution in [0.4, 0.5) is 4.79 Å². The van der Waals surface area contributed by atoms with Gasteiger partial charge < -0.3 is 19.9 Å². The minimum atomic E-state index is -0.534. The Morgan fingerprint density at radius 3 is 1.57 bits per heavy atom. The standard InChI is InChI=1S/C19H26I2N2O4.C12H15I2NO2/c1-6-26-17(24)13-10-15(20)14(16(21)11-13)8-7-9-22-12(2)23-18(25)27-19(3,4)5;1-2-17-12(16)8-6-10(13)9(4-3-5-15)11(14)7-8/h10-11H,6-9H2,1-5H3,(H,22,23,25);6-7H,2-5,15H2,1H3. The summed E-state index contributed by atoms with van der Waals surface area (Å²) in [6, 6.07) is 7.47. The number of nitrogens with two attached hydrogens (primary N) is 1. The number of carbonyl (C=O) groups excluding carboxylic acids is 3. The number of rotatable bonds is 11. The van der Waals surface area contributed by atoms with Gasteiger partial charge in [0, 0.05) is 20.8 Å². The van der Waals surface area contributed by atoms with Gasteiger partial charge in [-0.25, -0.2) is 14.4 Å². The van der Waals surface area contributed by atoms with Gasteiger partial charge in [0.05, 0.1) is 24.3 Å². The maximum atomic E-state index is 11.9. The van der Waals surface area contributed by atoms with E-state index in [9.17, 15) is 14.4 Å². The van der Waals surface area contributed by atoms with Crippen LogP contribution in [0.15, 0.2) is 29.3 Å². The summed E-state index contributed by atoms with van der Waals surface area (Å²) in [6.07, 6.45) is 3.09. The van der Waals surface area contributed by atoms with Crippen molar-refractivity contribution in [1.82, 2.24) is 5.32 Å². The summed E-state index contributed by atoms with van der Waals surface area (Å²) < 4.78 is 19.5. The minimum Gasteiger partial charge on any atom is -0.462 e. The van der Waals surface area contributed by atoms with Crippen molar-refractivity contribution in [1.29, 1.82) is 0 Å². The van der Waals surface area contributed by atoms with E-state index in [0.29, 0.717) is 43.3 Å². The Labute approximate surface area is 315 Å². The smallest absolute Gasteiger partial charge is 0.413 e. The molecule has 0 atom stereocenters. The second kappa shape index (κ2) is 21.1. The third-order valence-corrected chi connectivity index (χ3v) is 9.40. The first-order valence-electron chi connectivity index (χ1n) is 14.1. The van der Waals surface area contributed by atoms with Gasteiger partial charge in [0.2, 0.25) is 0 Å². The van der Waals surface area contributed by atoms with Crippen LogP contribution in [0.3, 0.4) is 0 Å². The van der Waals surface area contributed by atoms with Gasteiger partial charge in [-0.1, -0.05) is 0 Å². The van der Waals surface area contributed by atoms with Crippen molar-refractivity contribution < 1.29 is 28.6 Å². The van der Waals surface area contributed by atoms with Crippen LogP contribution in [-0.4, -0.2) is 55.8 Å². The number of nitrogens with one attached hydrogen (secondary N) is 1.